The highest BCUT2D eigenvalue weighted by Crippen LogP contribution is 2.27. The standard InChI is InChI=1S/C12H14ClFO3/c1-3-17-11(15)6-8-4-10(14)5-9(7-13)12(8)16-2/h4-5H,3,6-7H2,1-2H3. The molecule has 17 heavy (non-hydrogen) atoms. The number of alkyl halides is 1. The quantitative estimate of drug-likeness (QED) is 0.603. The number of methoxy groups -OCH3 is 1. The Kier molecular flexibility index (Phi) is 5.22. The number of carbonyl (C=O) groups excluding carboxylic acids is 1. The molecule has 0 amide bonds. The normalized spacial score (nSPS) is 10.1. The summed E-state index contributed by atoms with van der Waals surface area (Å²) >= 11 is 5.69. The monoisotopic (exact) mass is 260 g/mol. The molecule has 0 N–H and O–H groups in total. The first-order chi connectivity index (χ1) is 8.12. The lowest BCUT2D eigenvalue weighted by atomic mass is 10.1. The van der Waals surface area contributed by atoms with Crippen molar-refractivity contribution in [1.29, 1.82) is 0 Å². The summed E-state index contributed by atoms with van der Waals surface area (Å²) in [6, 6.07) is 2.55. The fraction of sp³-hybridized carbons (Fsp3) is 0.417. The van der Waals surface area contributed by atoms with E-state index in [1.165, 1.54) is 19.2 Å². The molecule has 0 unspecified atom stereocenters. The largest absolute Gasteiger partial charge is 0.496 e. The Hall–Kier alpha value is -1.29. The van der Waals surface area contributed by atoms with Crippen LogP contribution in [-0.2, 0) is 21.8 Å². The van der Waals surface area contributed by atoms with Crippen LogP contribution in [0.15, 0.2) is 12.1 Å². The lowest BCUT2D eigenvalue weighted by Gasteiger charge is -2.12. The second-order valence-electron chi connectivity index (χ2n) is 3.37. The van der Waals surface area contributed by atoms with Gasteiger partial charge in [-0.25, -0.2) is 4.39 Å². The minimum atomic E-state index is -0.444. The van der Waals surface area contributed by atoms with E-state index in [0.717, 1.165) is 0 Å². The first-order valence-corrected chi connectivity index (χ1v) is 5.72. The van der Waals surface area contributed by atoms with Crippen molar-refractivity contribution >= 4 is 17.6 Å². The average molecular weight is 261 g/mol. The van der Waals surface area contributed by atoms with Crippen molar-refractivity contribution in [2.24, 2.45) is 0 Å². The maximum absolute atomic E-state index is 13.3. The number of carbonyl (C=O) groups is 1. The smallest absolute Gasteiger partial charge is 0.310 e. The fourth-order valence-corrected chi connectivity index (χ4v) is 1.77. The van der Waals surface area contributed by atoms with Gasteiger partial charge in [0.2, 0.25) is 0 Å². The van der Waals surface area contributed by atoms with Crippen molar-refractivity contribution in [2.75, 3.05) is 13.7 Å². The van der Waals surface area contributed by atoms with Gasteiger partial charge in [-0.15, -0.1) is 11.6 Å². The van der Waals surface area contributed by atoms with Crippen LogP contribution in [0.1, 0.15) is 18.1 Å². The fourth-order valence-electron chi connectivity index (χ4n) is 1.57. The van der Waals surface area contributed by atoms with Crippen LogP contribution in [0.25, 0.3) is 0 Å². The zero-order valence-corrected chi connectivity index (χ0v) is 10.5. The van der Waals surface area contributed by atoms with E-state index in [1.54, 1.807) is 6.92 Å². The van der Waals surface area contributed by atoms with Crippen LogP contribution in [0, 0.1) is 5.82 Å². The minimum absolute atomic E-state index is 0.0291. The summed E-state index contributed by atoms with van der Waals surface area (Å²) in [4.78, 5) is 11.4. The average Bonchev–Trinajstić information content (AvgIpc) is 2.28. The number of rotatable bonds is 5. The van der Waals surface area contributed by atoms with E-state index in [9.17, 15) is 9.18 Å². The van der Waals surface area contributed by atoms with Gasteiger partial charge in [-0.1, -0.05) is 0 Å². The van der Waals surface area contributed by atoms with Crippen molar-refractivity contribution in [3.63, 3.8) is 0 Å². The molecule has 0 radical (unpaired) electrons. The molecule has 1 aromatic rings. The summed E-state index contributed by atoms with van der Waals surface area (Å²) in [5, 5.41) is 0. The number of ether oxygens (including phenoxy) is 2. The molecular formula is C12H14ClFO3. The Morgan fingerprint density at radius 2 is 2.06 bits per heavy atom. The molecule has 0 saturated carbocycles. The molecule has 94 valence electrons. The number of hydrogen-bond acceptors (Lipinski definition) is 3. The third-order valence-electron chi connectivity index (χ3n) is 2.20. The maximum atomic E-state index is 13.3. The zero-order chi connectivity index (χ0) is 12.8. The zero-order valence-electron chi connectivity index (χ0n) is 9.76. The van der Waals surface area contributed by atoms with Gasteiger partial charge in [-0.05, 0) is 19.1 Å². The van der Waals surface area contributed by atoms with Gasteiger partial charge in [-0.2, -0.15) is 0 Å². The van der Waals surface area contributed by atoms with Gasteiger partial charge in [0.1, 0.15) is 11.6 Å². The predicted molar refractivity (Wildman–Crippen MR) is 62.8 cm³/mol. The number of halogens is 2. The van der Waals surface area contributed by atoms with Gasteiger partial charge in [0, 0.05) is 11.1 Å². The molecule has 0 aromatic heterocycles. The van der Waals surface area contributed by atoms with Gasteiger partial charge in [0.15, 0.2) is 0 Å². The second-order valence-corrected chi connectivity index (χ2v) is 3.64. The third-order valence-corrected chi connectivity index (χ3v) is 2.48. The van der Waals surface area contributed by atoms with E-state index < -0.39 is 11.8 Å². The summed E-state index contributed by atoms with van der Waals surface area (Å²) in [6.07, 6.45) is -0.0291. The van der Waals surface area contributed by atoms with Crippen molar-refractivity contribution in [2.45, 2.75) is 19.2 Å². The van der Waals surface area contributed by atoms with E-state index in [2.05, 4.69) is 0 Å². The Bertz CT molecular complexity index is 407. The van der Waals surface area contributed by atoms with Gasteiger partial charge < -0.3 is 9.47 Å². The highest BCUT2D eigenvalue weighted by molar-refractivity contribution is 6.17. The molecule has 1 aromatic carbocycles. The van der Waals surface area contributed by atoms with Crippen LogP contribution in [-0.4, -0.2) is 19.7 Å². The summed E-state index contributed by atoms with van der Waals surface area (Å²) in [7, 11) is 1.46. The van der Waals surface area contributed by atoms with Gasteiger partial charge in [-0.3, -0.25) is 4.79 Å². The van der Waals surface area contributed by atoms with Crippen LogP contribution in [0.2, 0.25) is 0 Å². The maximum Gasteiger partial charge on any atom is 0.310 e. The van der Waals surface area contributed by atoms with Crippen LogP contribution in [0.4, 0.5) is 4.39 Å². The highest BCUT2D eigenvalue weighted by Gasteiger charge is 2.14. The van der Waals surface area contributed by atoms with Gasteiger partial charge in [0.05, 0.1) is 26.0 Å². The van der Waals surface area contributed by atoms with Crippen LogP contribution < -0.4 is 4.74 Å². The number of hydrogen-bond donors (Lipinski definition) is 0. The lowest BCUT2D eigenvalue weighted by Crippen LogP contribution is -2.09. The summed E-state index contributed by atoms with van der Waals surface area (Å²) < 4.78 is 23.3. The first kappa shape index (κ1) is 13.8. The minimum Gasteiger partial charge on any atom is -0.496 e. The Balaban J connectivity index is 3.04. The molecule has 0 fully saturated rings. The van der Waals surface area contributed by atoms with Crippen molar-refractivity contribution in [3.05, 3.63) is 29.1 Å². The van der Waals surface area contributed by atoms with Crippen LogP contribution in [0.3, 0.4) is 0 Å². The van der Waals surface area contributed by atoms with Crippen LogP contribution >= 0.6 is 11.6 Å². The van der Waals surface area contributed by atoms with Crippen molar-refractivity contribution < 1.29 is 18.7 Å². The first-order valence-electron chi connectivity index (χ1n) is 5.19. The van der Waals surface area contributed by atoms with Crippen molar-refractivity contribution in [1.82, 2.24) is 0 Å². The Morgan fingerprint density at radius 3 is 2.59 bits per heavy atom. The van der Waals surface area contributed by atoms with Crippen LogP contribution in [0.5, 0.6) is 5.75 Å². The lowest BCUT2D eigenvalue weighted by molar-refractivity contribution is -0.142. The van der Waals surface area contributed by atoms with E-state index in [0.29, 0.717) is 23.5 Å². The number of benzene rings is 1. The molecule has 0 aliphatic rings. The molecule has 0 atom stereocenters. The summed E-state index contributed by atoms with van der Waals surface area (Å²) in [6.45, 7) is 2.00. The molecule has 0 heterocycles. The molecule has 5 heteroatoms. The van der Waals surface area contributed by atoms with Gasteiger partial charge in [0.25, 0.3) is 0 Å². The number of esters is 1. The highest BCUT2D eigenvalue weighted by atomic mass is 35.5. The topological polar surface area (TPSA) is 35.5 Å². The van der Waals surface area contributed by atoms with Crippen molar-refractivity contribution in [3.8, 4) is 5.75 Å². The summed E-state index contributed by atoms with van der Waals surface area (Å²) in [5.74, 6) is -0.302. The second kappa shape index (κ2) is 6.45. The Morgan fingerprint density at radius 1 is 1.41 bits per heavy atom. The van der Waals surface area contributed by atoms with E-state index >= 15 is 0 Å². The Labute approximate surface area is 104 Å². The molecule has 0 aliphatic heterocycles. The summed E-state index contributed by atoms with van der Waals surface area (Å²) in [5.41, 5.74) is 0.968. The molecular weight excluding hydrogens is 247 g/mol. The molecule has 0 saturated heterocycles. The van der Waals surface area contributed by atoms with E-state index in [4.69, 9.17) is 21.1 Å². The van der Waals surface area contributed by atoms with Gasteiger partial charge >= 0.3 is 5.97 Å². The molecule has 1 rings (SSSR count). The SMILES string of the molecule is CCOC(=O)Cc1cc(F)cc(CCl)c1OC. The predicted octanol–water partition coefficient (Wildman–Crippen LogP) is 2.68. The molecule has 0 aliphatic carbocycles. The molecule has 0 spiro atoms. The van der Waals surface area contributed by atoms with E-state index in [-0.39, 0.29) is 12.3 Å². The third kappa shape index (κ3) is 3.60. The van der Waals surface area contributed by atoms with E-state index in [1.807, 2.05) is 0 Å². The molecule has 0 bridgehead atoms. The molecule has 3 nitrogen and oxygen atoms in total.